The van der Waals surface area contributed by atoms with Crippen molar-refractivity contribution >= 4 is 24.4 Å². The van der Waals surface area contributed by atoms with Gasteiger partial charge in [0.15, 0.2) is 0 Å². The molecule has 0 fully saturated rings. The summed E-state index contributed by atoms with van der Waals surface area (Å²) in [6, 6.07) is 7.18. The molecular formula is C27H41N3O7. The molecule has 2 amide bonds. The highest BCUT2D eigenvalue weighted by Gasteiger charge is 2.38. The Labute approximate surface area is 219 Å². The molecule has 1 N–H and O–H groups in total. The number of rotatable bonds is 10. The fraction of sp³-hybridized carbons (Fsp3) is 0.630. The number of aliphatic imine (C=N–C) groups is 1. The summed E-state index contributed by atoms with van der Waals surface area (Å²) in [5.74, 6) is 0.836. The van der Waals surface area contributed by atoms with Crippen molar-refractivity contribution in [1.82, 2.24) is 10.2 Å². The summed E-state index contributed by atoms with van der Waals surface area (Å²) in [5.41, 5.74) is -0.478. The van der Waals surface area contributed by atoms with Crippen molar-refractivity contribution in [3.63, 3.8) is 0 Å². The minimum Gasteiger partial charge on any atom is -0.497 e. The molecule has 37 heavy (non-hydrogen) atoms. The molecule has 1 aliphatic rings. The standard InChI is InChI=1S/C27H41N3O7/c1-26(2,3)36-24(32)29-23-28-17-20(30(23)25(33)37-27(4,5)6)16-22(10-8-9-15-31)35-18-19-11-13-21(34-7)14-12-19/h11-15,20,22H,8-10,16-18H2,1-7H3,(H,28,29,32)/t20-,22-/m1/s1. The lowest BCUT2D eigenvalue weighted by molar-refractivity contribution is -0.108. The van der Waals surface area contributed by atoms with E-state index >= 15 is 0 Å². The first-order valence-corrected chi connectivity index (χ1v) is 12.6. The second-order valence-corrected chi connectivity index (χ2v) is 10.9. The van der Waals surface area contributed by atoms with Crippen molar-refractivity contribution in [3.05, 3.63) is 29.8 Å². The third-order valence-electron chi connectivity index (χ3n) is 5.28. The predicted molar refractivity (Wildman–Crippen MR) is 140 cm³/mol. The minimum absolute atomic E-state index is 0.0790. The molecule has 0 spiro atoms. The van der Waals surface area contributed by atoms with E-state index in [-0.39, 0.29) is 18.6 Å². The van der Waals surface area contributed by atoms with Crippen molar-refractivity contribution in [2.45, 2.75) is 97.2 Å². The molecule has 0 saturated carbocycles. The summed E-state index contributed by atoms with van der Waals surface area (Å²) in [6.07, 6.45) is 1.44. The number of nitrogens with one attached hydrogen (secondary N) is 1. The van der Waals surface area contributed by atoms with E-state index in [0.29, 0.717) is 32.3 Å². The highest BCUT2D eigenvalue weighted by Crippen LogP contribution is 2.24. The van der Waals surface area contributed by atoms with Crippen LogP contribution in [0.15, 0.2) is 29.3 Å². The summed E-state index contributed by atoms with van der Waals surface area (Å²) in [6.45, 7) is 11.2. The number of amides is 2. The number of alkyl carbamates (subject to hydrolysis) is 1. The molecule has 1 heterocycles. The number of hydrogen-bond donors (Lipinski definition) is 1. The molecule has 206 valence electrons. The van der Waals surface area contributed by atoms with E-state index in [1.807, 2.05) is 24.3 Å². The van der Waals surface area contributed by atoms with E-state index in [1.165, 1.54) is 4.90 Å². The van der Waals surface area contributed by atoms with Gasteiger partial charge in [0.2, 0.25) is 5.96 Å². The number of methoxy groups -OCH3 is 1. The zero-order chi connectivity index (χ0) is 27.6. The summed E-state index contributed by atoms with van der Waals surface area (Å²) in [7, 11) is 1.61. The molecule has 10 heteroatoms. The number of unbranched alkanes of at least 4 members (excludes halogenated alkanes) is 1. The Morgan fingerprint density at radius 1 is 1.11 bits per heavy atom. The highest BCUT2D eigenvalue weighted by molar-refractivity contribution is 6.02. The number of ether oxygens (including phenoxy) is 4. The zero-order valence-corrected chi connectivity index (χ0v) is 23.0. The van der Waals surface area contributed by atoms with Gasteiger partial charge in [-0.25, -0.2) is 14.5 Å². The fourth-order valence-electron chi connectivity index (χ4n) is 3.68. The normalized spacial score (nSPS) is 16.6. The van der Waals surface area contributed by atoms with Gasteiger partial charge in [-0.3, -0.25) is 10.3 Å². The Morgan fingerprint density at radius 3 is 2.32 bits per heavy atom. The molecule has 2 rings (SSSR count). The van der Waals surface area contributed by atoms with Gasteiger partial charge in [0.1, 0.15) is 23.2 Å². The minimum atomic E-state index is -0.741. The van der Waals surface area contributed by atoms with Crippen LogP contribution in [0.1, 0.15) is 72.8 Å². The van der Waals surface area contributed by atoms with Gasteiger partial charge in [0, 0.05) is 6.42 Å². The second-order valence-electron chi connectivity index (χ2n) is 10.9. The van der Waals surface area contributed by atoms with Crippen LogP contribution in [0.2, 0.25) is 0 Å². The lowest BCUT2D eigenvalue weighted by Crippen LogP contribution is -2.51. The van der Waals surface area contributed by atoms with Crippen LogP contribution in [0.3, 0.4) is 0 Å². The third-order valence-corrected chi connectivity index (χ3v) is 5.28. The number of aldehydes is 1. The van der Waals surface area contributed by atoms with Crippen LogP contribution in [-0.4, -0.2) is 66.3 Å². The first-order valence-electron chi connectivity index (χ1n) is 12.6. The molecule has 0 saturated heterocycles. The molecule has 0 unspecified atom stereocenters. The Hall–Kier alpha value is -3.14. The molecule has 0 aliphatic carbocycles. The largest absolute Gasteiger partial charge is 0.497 e. The van der Waals surface area contributed by atoms with Gasteiger partial charge in [-0.05, 0) is 78.5 Å². The molecule has 10 nitrogen and oxygen atoms in total. The topological polar surface area (TPSA) is 116 Å². The third kappa shape index (κ3) is 10.8. The van der Waals surface area contributed by atoms with E-state index < -0.39 is 29.4 Å². The average molecular weight is 520 g/mol. The predicted octanol–water partition coefficient (Wildman–Crippen LogP) is 4.84. The number of carbonyl (C=O) groups excluding carboxylic acids is 3. The molecule has 1 aromatic carbocycles. The Bertz CT molecular complexity index is 933. The fourth-order valence-corrected chi connectivity index (χ4v) is 3.68. The number of carbonyl (C=O) groups is 3. The highest BCUT2D eigenvalue weighted by atomic mass is 16.6. The van der Waals surface area contributed by atoms with Crippen molar-refractivity contribution in [2.24, 2.45) is 4.99 Å². The quantitative estimate of drug-likeness (QED) is 0.347. The van der Waals surface area contributed by atoms with Crippen LogP contribution in [0.25, 0.3) is 0 Å². The number of benzene rings is 1. The maximum atomic E-state index is 13.2. The Kier molecular flexibility index (Phi) is 10.9. The molecule has 2 atom stereocenters. The summed E-state index contributed by atoms with van der Waals surface area (Å²) < 4.78 is 22.4. The van der Waals surface area contributed by atoms with Crippen molar-refractivity contribution in [3.8, 4) is 5.75 Å². The van der Waals surface area contributed by atoms with Crippen molar-refractivity contribution < 1.29 is 33.3 Å². The first kappa shape index (κ1) is 30.1. The van der Waals surface area contributed by atoms with Gasteiger partial charge >= 0.3 is 12.2 Å². The van der Waals surface area contributed by atoms with Crippen LogP contribution in [0, 0.1) is 0 Å². The van der Waals surface area contributed by atoms with Gasteiger partial charge in [-0.1, -0.05) is 12.1 Å². The van der Waals surface area contributed by atoms with E-state index in [0.717, 1.165) is 17.6 Å². The van der Waals surface area contributed by atoms with E-state index in [4.69, 9.17) is 18.9 Å². The smallest absolute Gasteiger partial charge is 0.417 e. The van der Waals surface area contributed by atoms with Crippen molar-refractivity contribution in [2.75, 3.05) is 13.7 Å². The maximum absolute atomic E-state index is 13.2. The summed E-state index contributed by atoms with van der Waals surface area (Å²) >= 11 is 0. The maximum Gasteiger partial charge on any atom is 0.417 e. The van der Waals surface area contributed by atoms with Gasteiger partial charge in [0.05, 0.1) is 32.4 Å². The number of guanidine groups is 1. The van der Waals surface area contributed by atoms with Crippen LogP contribution >= 0.6 is 0 Å². The van der Waals surface area contributed by atoms with Gasteiger partial charge in [-0.2, -0.15) is 0 Å². The van der Waals surface area contributed by atoms with Crippen LogP contribution in [0.4, 0.5) is 9.59 Å². The monoisotopic (exact) mass is 519 g/mol. The van der Waals surface area contributed by atoms with Crippen molar-refractivity contribution in [1.29, 1.82) is 0 Å². The number of hydrogen-bond acceptors (Lipinski definition) is 8. The lowest BCUT2D eigenvalue weighted by atomic mass is 10.0. The zero-order valence-electron chi connectivity index (χ0n) is 23.0. The number of nitrogens with zero attached hydrogens (tertiary/aromatic N) is 2. The second kappa shape index (κ2) is 13.4. The molecule has 0 radical (unpaired) electrons. The van der Waals surface area contributed by atoms with Crippen LogP contribution in [-0.2, 0) is 25.6 Å². The Morgan fingerprint density at radius 2 is 1.76 bits per heavy atom. The molecule has 0 bridgehead atoms. The first-order chi connectivity index (χ1) is 17.3. The van der Waals surface area contributed by atoms with Gasteiger partial charge < -0.3 is 23.7 Å². The van der Waals surface area contributed by atoms with E-state index in [2.05, 4.69) is 10.3 Å². The van der Waals surface area contributed by atoms with Crippen LogP contribution < -0.4 is 10.1 Å². The lowest BCUT2D eigenvalue weighted by Gasteiger charge is -2.31. The SMILES string of the molecule is COc1ccc(CO[C@H](CCCC=O)C[C@@H]2CN=C(NC(=O)OC(C)(C)C)N2C(=O)OC(C)(C)C)cc1. The van der Waals surface area contributed by atoms with Gasteiger partial charge in [-0.15, -0.1) is 0 Å². The van der Waals surface area contributed by atoms with E-state index in [1.54, 1.807) is 48.7 Å². The van der Waals surface area contributed by atoms with Gasteiger partial charge in [0.25, 0.3) is 0 Å². The molecule has 0 aromatic heterocycles. The Balaban J connectivity index is 2.16. The molecular weight excluding hydrogens is 478 g/mol. The molecule has 1 aliphatic heterocycles. The summed E-state index contributed by atoms with van der Waals surface area (Å²) in [5, 5.41) is 2.59. The average Bonchev–Trinajstić information content (AvgIpc) is 3.17. The summed E-state index contributed by atoms with van der Waals surface area (Å²) in [4.78, 5) is 42.2. The van der Waals surface area contributed by atoms with Crippen LogP contribution in [0.5, 0.6) is 5.75 Å². The van der Waals surface area contributed by atoms with E-state index in [9.17, 15) is 14.4 Å². The molecule has 1 aromatic rings.